The summed E-state index contributed by atoms with van der Waals surface area (Å²) >= 11 is 0. The Morgan fingerprint density at radius 1 is 1.60 bits per heavy atom. The number of carbonyl (C=O) groups excluding carboxylic acids is 1. The molecule has 1 amide bonds. The maximum Gasteiger partial charge on any atom is 0.289 e. The maximum atomic E-state index is 12.0. The Morgan fingerprint density at radius 3 is 3.13 bits per heavy atom. The van der Waals surface area contributed by atoms with Crippen LogP contribution >= 0.6 is 0 Å². The SMILES string of the molecule is O=C(c1ccco1)N1CCCCC1CO. The van der Waals surface area contributed by atoms with Crippen LogP contribution in [0.5, 0.6) is 0 Å². The van der Waals surface area contributed by atoms with Crippen molar-refractivity contribution >= 4 is 5.91 Å². The molecule has 1 aromatic heterocycles. The van der Waals surface area contributed by atoms with Crippen LogP contribution in [0.25, 0.3) is 0 Å². The van der Waals surface area contributed by atoms with E-state index in [-0.39, 0.29) is 18.6 Å². The van der Waals surface area contributed by atoms with Crippen molar-refractivity contribution in [3.63, 3.8) is 0 Å². The van der Waals surface area contributed by atoms with Crippen LogP contribution in [0.4, 0.5) is 0 Å². The number of carbonyl (C=O) groups is 1. The molecule has 0 bridgehead atoms. The van der Waals surface area contributed by atoms with Gasteiger partial charge in [-0.2, -0.15) is 0 Å². The van der Waals surface area contributed by atoms with Gasteiger partial charge in [-0.25, -0.2) is 0 Å². The van der Waals surface area contributed by atoms with Crippen LogP contribution in [0.1, 0.15) is 29.8 Å². The zero-order valence-electron chi connectivity index (χ0n) is 8.56. The smallest absolute Gasteiger partial charge is 0.289 e. The van der Waals surface area contributed by atoms with Gasteiger partial charge in [-0.15, -0.1) is 0 Å². The third-order valence-electron chi connectivity index (χ3n) is 2.83. The normalized spacial score (nSPS) is 21.7. The molecule has 1 fully saturated rings. The highest BCUT2D eigenvalue weighted by Crippen LogP contribution is 2.19. The van der Waals surface area contributed by atoms with Gasteiger partial charge in [0, 0.05) is 6.54 Å². The van der Waals surface area contributed by atoms with E-state index in [4.69, 9.17) is 4.42 Å². The zero-order chi connectivity index (χ0) is 10.7. The first-order valence-corrected chi connectivity index (χ1v) is 5.28. The summed E-state index contributed by atoms with van der Waals surface area (Å²) in [7, 11) is 0. The molecular formula is C11H15NO3. The molecule has 1 unspecified atom stereocenters. The lowest BCUT2D eigenvalue weighted by Crippen LogP contribution is -2.45. The molecule has 2 heterocycles. The Hall–Kier alpha value is -1.29. The summed E-state index contributed by atoms with van der Waals surface area (Å²) in [5.41, 5.74) is 0. The lowest BCUT2D eigenvalue weighted by atomic mass is 10.0. The van der Waals surface area contributed by atoms with E-state index in [1.807, 2.05) is 0 Å². The highest BCUT2D eigenvalue weighted by atomic mass is 16.3. The summed E-state index contributed by atoms with van der Waals surface area (Å²) in [5.74, 6) is 0.245. The van der Waals surface area contributed by atoms with Crippen LogP contribution in [0, 0.1) is 0 Å². The van der Waals surface area contributed by atoms with Crippen molar-refractivity contribution in [2.75, 3.05) is 13.2 Å². The van der Waals surface area contributed by atoms with Gasteiger partial charge >= 0.3 is 0 Å². The summed E-state index contributed by atoms with van der Waals surface area (Å²) in [4.78, 5) is 13.7. The van der Waals surface area contributed by atoms with E-state index in [0.29, 0.717) is 12.3 Å². The van der Waals surface area contributed by atoms with Crippen molar-refractivity contribution in [2.45, 2.75) is 25.3 Å². The first-order valence-electron chi connectivity index (χ1n) is 5.28. The topological polar surface area (TPSA) is 53.7 Å². The number of aliphatic hydroxyl groups is 1. The third-order valence-corrected chi connectivity index (χ3v) is 2.83. The van der Waals surface area contributed by atoms with Crippen LogP contribution in [-0.4, -0.2) is 35.1 Å². The van der Waals surface area contributed by atoms with Crippen molar-refractivity contribution in [1.82, 2.24) is 4.90 Å². The van der Waals surface area contributed by atoms with E-state index in [0.717, 1.165) is 19.3 Å². The molecule has 0 radical (unpaired) electrons. The minimum absolute atomic E-state index is 0.0342. The average molecular weight is 209 g/mol. The molecule has 0 aliphatic carbocycles. The Morgan fingerprint density at radius 2 is 2.47 bits per heavy atom. The molecule has 15 heavy (non-hydrogen) atoms. The Labute approximate surface area is 88.5 Å². The van der Waals surface area contributed by atoms with Gasteiger partial charge in [-0.3, -0.25) is 4.79 Å². The Balaban J connectivity index is 2.11. The summed E-state index contributed by atoms with van der Waals surface area (Å²) in [6, 6.07) is 3.31. The molecule has 82 valence electrons. The quantitative estimate of drug-likeness (QED) is 0.798. The number of furan rings is 1. The number of hydrogen-bond acceptors (Lipinski definition) is 3. The van der Waals surface area contributed by atoms with E-state index < -0.39 is 0 Å². The van der Waals surface area contributed by atoms with Gasteiger partial charge in [-0.1, -0.05) is 0 Å². The third kappa shape index (κ3) is 2.04. The van der Waals surface area contributed by atoms with Crippen molar-refractivity contribution in [3.8, 4) is 0 Å². The predicted octanol–water partition coefficient (Wildman–Crippen LogP) is 1.27. The van der Waals surface area contributed by atoms with Gasteiger partial charge in [0.05, 0.1) is 18.9 Å². The second-order valence-electron chi connectivity index (χ2n) is 3.81. The Kier molecular flexibility index (Phi) is 3.06. The van der Waals surface area contributed by atoms with Crippen molar-refractivity contribution in [1.29, 1.82) is 0 Å². The van der Waals surface area contributed by atoms with E-state index in [9.17, 15) is 9.90 Å². The molecular weight excluding hydrogens is 194 g/mol. The average Bonchev–Trinajstić information content (AvgIpc) is 2.81. The fourth-order valence-electron chi connectivity index (χ4n) is 2.00. The van der Waals surface area contributed by atoms with Crippen LogP contribution in [-0.2, 0) is 0 Å². The molecule has 0 saturated carbocycles. The van der Waals surface area contributed by atoms with Crippen molar-refractivity contribution in [2.24, 2.45) is 0 Å². The molecule has 4 heteroatoms. The number of rotatable bonds is 2. The molecule has 1 aromatic rings. The van der Waals surface area contributed by atoms with Crippen LogP contribution in [0.2, 0.25) is 0 Å². The molecule has 0 spiro atoms. The lowest BCUT2D eigenvalue weighted by molar-refractivity contribution is 0.0473. The summed E-state index contributed by atoms with van der Waals surface area (Å²) in [5, 5.41) is 9.18. The van der Waals surface area contributed by atoms with Gasteiger partial charge in [0.1, 0.15) is 0 Å². The van der Waals surface area contributed by atoms with E-state index in [1.54, 1.807) is 17.0 Å². The molecule has 4 nitrogen and oxygen atoms in total. The van der Waals surface area contributed by atoms with Gasteiger partial charge < -0.3 is 14.4 Å². The summed E-state index contributed by atoms with van der Waals surface area (Å²) in [6.07, 6.45) is 4.45. The van der Waals surface area contributed by atoms with Gasteiger partial charge in [0.25, 0.3) is 5.91 Å². The second kappa shape index (κ2) is 4.49. The first-order chi connectivity index (χ1) is 7.33. The van der Waals surface area contributed by atoms with Gasteiger partial charge in [-0.05, 0) is 31.4 Å². The monoisotopic (exact) mass is 209 g/mol. The minimum atomic E-state index is -0.112. The molecule has 1 N–H and O–H groups in total. The fraction of sp³-hybridized carbons (Fsp3) is 0.545. The van der Waals surface area contributed by atoms with Crippen LogP contribution in [0.3, 0.4) is 0 Å². The van der Waals surface area contributed by atoms with E-state index >= 15 is 0 Å². The summed E-state index contributed by atoms with van der Waals surface area (Å²) < 4.78 is 5.07. The Bertz CT molecular complexity index is 321. The predicted molar refractivity (Wildman–Crippen MR) is 54.5 cm³/mol. The van der Waals surface area contributed by atoms with E-state index in [2.05, 4.69) is 0 Å². The molecule has 1 aliphatic heterocycles. The highest BCUT2D eigenvalue weighted by molar-refractivity contribution is 5.91. The maximum absolute atomic E-state index is 12.0. The second-order valence-corrected chi connectivity index (χ2v) is 3.81. The van der Waals surface area contributed by atoms with E-state index in [1.165, 1.54) is 6.26 Å². The van der Waals surface area contributed by atoms with Gasteiger partial charge in [0.2, 0.25) is 0 Å². The number of piperidine rings is 1. The summed E-state index contributed by atoms with van der Waals surface area (Å²) in [6.45, 7) is 0.747. The zero-order valence-corrected chi connectivity index (χ0v) is 8.56. The largest absolute Gasteiger partial charge is 0.459 e. The molecule has 2 rings (SSSR count). The number of likely N-dealkylation sites (tertiary alicyclic amines) is 1. The molecule has 1 aliphatic rings. The number of aliphatic hydroxyl groups excluding tert-OH is 1. The molecule has 1 atom stereocenters. The standard InChI is InChI=1S/C11H15NO3/c13-8-9-4-1-2-6-12(9)11(14)10-5-3-7-15-10/h3,5,7,9,13H,1-2,4,6,8H2. The first kappa shape index (κ1) is 10.2. The molecule has 1 saturated heterocycles. The highest BCUT2D eigenvalue weighted by Gasteiger charge is 2.27. The lowest BCUT2D eigenvalue weighted by Gasteiger charge is -2.33. The van der Waals surface area contributed by atoms with Crippen molar-refractivity contribution in [3.05, 3.63) is 24.2 Å². The molecule has 0 aromatic carbocycles. The number of nitrogens with zero attached hydrogens (tertiary/aromatic N) is 1. The van der Waals surface area contributed by atoms with Crippen molar-refractivity contribution < 1.29 is 14.3 Å². The number of hydrogen-bond donors (Lipinski definition) is 1. The minimum Gasteiger partial charge on any atom is -0.459 e. The van der Waals surface area contributed by atoms with Crippen LogP contribution < -0.4 is 0 Å². The van der Waals surface area contributed by atoms with Gasteiger partial charge in [0.15, 0.2) is 5.76 Å². The fourth-order valence-corrected chi connectivity index (χ4v) is 2.00. The van der Waals surface area contributed by atoms with Crippen LogP contribution in [0.15, 0.2) is 22.8 Å². The number of amides is 1.